The van der Waals surface area contributed by atoms with Crippen LogP contribution in [-0.4, -0.2) is 66.3 Å². The van der Waals surface area contributed by atoms with E-state index in [1.807, 2.05) is 59.5 Å². The van der Waals surface area contributed by atoms with Crippen molar-refractivity contribution in [2.24, 2.45) is 0 Å². The number of nitrogens with zero attached hydrogens (tertiary/aromatic N) is 4. The van der Waals surface area contributed by atoms with Crippen LogP contribution in [0.3, 0.4) is 0 Å². The van der Waals surface area contributed by atoms with Gasteiger partial charge < -0.3 is 29.1 Å². The maximum Gasteiger partial charge on any atom is 0.272 e. The number of ether oxygens (including phenoxy) is 3. The first-order valence-electron chi connectivity index (χ1n) is 12.6. The van der Waals surface area contributed by atoms with Crippen LogP contribution in [0.25, 0.3) is 11.3 Å². The predicted molar refractivity (Wildman–Crippen MR) is 147 cm³/mol. The lowest BCUT2D eigenvalue weighted by atomic mass is 10.1. The lowest BCUT2D eigenvalue weighted by Gasteiger charge is -2.36. The van der Waals surface area contributed by atoms with E-state index >= 15 is 0 Å². The molecule has 0 radical (unpaired) electrons. The average molecular weight is 527 g/mol. The van der Waals surface area contributed by atoms with Gasteiger partial charge in [0.05, 0.1) is 19.9 Å². The second kappa shape index (κ2) is 11.8. The minimum Gasteiger partial charge on any atom is -0.493 e. The standard InChI is InChI=1S/C30H30N4O5/c1-37-27-11-6-22(20-28(27)38-2)25-4-3-5-26(32-25)29(35)34-18-16-33(17-19-34)23-7-9-24(10-8-23)39-30(36)21-12-14-31-15-13-21/h3-15,20,30,36H,16-19H2,1-2H3. The maximum absolute atomic E-state index is 13.3. The number of carbonyl (C=O) groups excluding carboxylic acids is 1. The van der Waals surface area contributed by atoms with E-state index in [1.165, 1.54) is 0 Å². The van der Waals surface area contributed by atoms with Crippen LogP contribution in [0, 0.1) is 0 Å². The zero-order valence-electron chi connectivity index (χ0n) is 21.9. The Balaban J connectivity index is 1.19. The Bertz CT molecular complexity index is 1410. The smallest absolute Gasteiger partial charge is 0.272 e. The molecule has 0 aliphatic carbocycles. The number of amides is 1. The van der Waals surface area contributed by atoms with E-state index in [9.17, 15) is 9.90 Å². The lowest BCUT2D eigenvalue weighted by Crippen LogP contribution is -2.49. The molecule has 1 unspecified atom stereocenters. The third-order valence-electron chi connectivity index (χ3n) is 6.66. The molecule has 2 aromatic heterocycles. The molecule has 1 aliphatic heterocycles. The first-order valence-corrected chi connectivity index (χ1v) is 12.6. The van der Waals surface area contributed by atoms with Crippen LogP contribution >= 0.6 is 0 Å². The summed E-state index contributed by atoms with van der Waals surface area (Å²) in [6, 6.07) is 22.0. The molecule has 1 saturated heterocycles. The van der Waals surface area contributed by atoms with Crippen molar-refractivity contribution in [2.75, 3.05) is 45.3 Å². The number of hydrogen-bond acceptors (Lipinski definition) is 8. The summed E-state index contributed by atoms with van der Waals surface area (Å²) in [5.41, 5.74) is 3.61. The molecule has 39 heavy (non-hydrogen) atoms. The number of benzene rings is 2. The Morgan fingerprint density at radius 1 is 0.872 bits per heavy atom. The number of rotatable bonds is 8. The van der Waals surface area contributed by atoms with Crippen LogP contribution in [-0.2, 0) is 0 Å². The van der Waals surface area contributed by atoms with Gasteiger partial charge >= 0.3 is 0 Å². The number of piperazine rings is 1. The van der Waals surface area contributed by atoms with Gasteiger partial charge in [0, 0.05) is 55.4 Å². The third-order valence-corrected chi connectivity index (χ3v) is 6.66. The SMILES string of the molecule is COc1ccc(-c2cccc(C(=O)N3CCN(c4ccc(OC(O)c5ccncc5)cc4)CC3)n2)cc1OC. The Labute approximate surface area is 227 Å². The Morgan fingerprint density at radius 2 is 1.59 bits per heavy atom. The van der Waals surface area contributed by atoms with E-state index in [0.717, 1.165) is 11.3 Å². The van der Waals surface area contributed by atoms with Gasteiger partial charge in [0.25, 0.3) is 5.91 Å². The molecular weight excluding hydrogens is 496 g/mol. The summed E-state index contributed by atoms with van der Waals surface area (Å²) in [6.45, 7) is 2.56. The molecule has 4 aromatic rings. The van der Waals surface area contributed by atoms with Gasteiger partial charge in [-0.2, -0.15) is 0 Å². The van der Waals surface area contributed by atoms with Gasteiger partial charge in [-0.25, -0.2) is 4.98 Å². The molecule has 2 aromatic carbocycles. The van der Waals surface area contributed by atoms with Crippen molar-refractivity contribution < 1.29 is 24.1 Å². The third kappa shape index (κ3) is 5.94. The number of anilines is 1. The number of methoxy groups -OCH3 is 2. The number of aliphatic hydroxyl groups is 1. The molecule has 1 fully saturated rings. The molecule has 1 N–H and O–H groups in total. The number of aliphatic hydroxyl groups excluding tert-OH is 1. The largest absolute Gasteiger partial charge is 0.493 e. The van der Waals surface area contributed by atoms with Crippen molar-refractivity contribution in [2.45, 2.75) is 6.29 Å². The number of aromatic nitrogens is 2. The zero-order valence-corrected chi connectivity index (χ0v) is 21.9. The molecule has 1 atom stereocenters. The van der Waals surface area contributed by atoms with Crippen molar-refractivity contribution in [3.8, 4) is 28.5 Å². The highest BCUT2D eigenvalue weighted by atomic mass is 16.6. The zero-order chi connectivity index (χ0) is 27.2. The van der Waals surface area contributed by atoms with Crippen molar-refractivity contribution in [3.63, 3.8) is 0 Å². The van der Waals surface area contributed by atoms with Crippen LogP contribution in [0.15, 0.2) is 85.2 Å². The minimum absolute atomic E-state index is 0.0918. The van der Waals surface area contributed by atoms with Crippen LogP contribution in [0.2, 0.25) is 0 Å². The van der Waals surface area contributed by atoms with Crippen LogP contribution in [0.4, 0.5) is 5.69 Å². The molecule has 0 bridgehead atoms. The Kier molecular flexibility index (Phi) is 7.88. The van der Waals surface area contributed by atoms with Crippen LogP contribution in [0.1, 0.15) is 22.3 Å². The molecule has 3 heterocycles. The highest BCUT2D eigenvalue weighted by molar-refractivity contribution is 5.93. The highest BCUT2D eigenvalue weighted by Crippen LogP contribution is 2.32. The number of hydrogen-bond donors (Lipinski definition) is 1. The van der Waals surface area contributed by atoms with E-state index in [2.05, 4.69) is 14.9 Å². The predicted octanol–water partition coefficient (Wildman–Crippen LogP) is 4.19. The normalized spacial score (nSPS) is 14.0. The first kappa shape index (κ1) is 26.0. The van der Waals surface area contributed by atoms with E-state index < -0.39 is 6.29 Å². The highest BCUT2D eigenvalue weighted by Gasteiger charge is 2.24. The van der Waals surface area contributed by atoms with Gasteiger partial charge in [-0.05, 0) is 66.7 Å². The molecule has 5 rings (SSSR count). The van der Waals surface area contributed by atoms with E-state index in [0.29, 0.717) is 60.4 Å². The molecule has 200 valence electrons. The van der Waals surface area contributed by atoms with Gasteiger partial charge in [0.2, 0.25) is 6.29 Å². The fourth-order valence-electron chi connectivity index (χ4n) is 4.50. The first-order chi connectivity index (χ1) is 19.1. The minimum atomic E-state index is -1.06. The quantitative estimate of drug-likeness (QED) is 0.342. The molecular formula is C30H30N4O5. The van der Waals surface area contributed by atoms with Crippen molar-refractivity contribution >= 4 is 11.6 Å². The van der Waals surface area contributed by atoms with E-state index in [1.54, 1.807) is 44.8 Å². The van der Waals surface area contributed by atoms with Crippen molar-refractivity contribution in [1.82, 2.24) is 14.9 Å². The molecule has 1 amide bonds. The monoisotopic (exact) mass is 526 g/mol. The Morgan fingerprint density at radius 3 is 2.28 bits per heavy atom. The summed E-state index contributed by atoms with van der Waals surface area (Å²) in [5, 5.41) is 10.3. The second-order valence-electron chi connectivity index (χ2n) is 9.00. The van der Waals surface area contributed by atoms with Crippen LogP contribution < -0.4 is 19.1 Å². The summed E-state index contributed by atoms with van der Waals surface area (Å²) >= 11 is 0. The maximum atomic E-state index is 13.3. The van der Waals surface area contributed by atoms with Gasteiger partial charge in [-0.1, -0.05) is 6.07 Å². The summed E-state index contributed by atoms with van der Waals surface area (Å²) < 4.78 is 16.4. The fourth-order valence-corrected chi connectivity index (χ4v) is 4.50. The molecule has 0 spiro atoms. The lowest BCUT2D eigenvalue weighted by molar-refractivity contribution is -0.0194. The topological polar surface area (TPSA) is 97.3 Å². The van der Waals surface area contributed by atoms with E-state index in [-0.39, 0.29) is 5.91 Å². The van der Waals surface area contributed by atoms with Crippen molar-refractivity contribution in [3.05, 3.63) is 96.4 Å². The molecule has 9 heteroatoms. The second-order valence-corrected chi connectivity index (χ2v) is 9.00. The number of pyridine rings is 2. The van der Waals surface area contributed by atoms with Gasteiger partial charge in [-0.3, -0.25) is 9.78 Å². The molecule has 1 aliphatic rings. The average Bonchev–Trinajstić information content (AvgIpc) is 3.01. The van der Waals surface area contributed by atoms with Gasteiger partial charge in [-0.15, -0.1) is 0 Å². The summed E-state index contributed by atoms with van der Waals surface area (Å²) in [5.74, 6) is 1.72. The van der Waals surface area contributed by atoms with Crippen molar-refractivity contribution in [1.29, 1.82) is 0 Å². The summed E-state index contributed by atoms with van der Waals surface area (Å²) in [7, 11) is 3.18. The van der Waals surface area contributed by atoms with Crippen LogP contribution in [0.5, 0.6) is 17.2 Å². The Hall–Kier alpha value is -4.63. The van der Waals surface area contributed by atoms with Gasteiger partial charge in [0.15, 0.2) is 11.5 Å². The molecule has 0 saturated carbocycles. The fraction of sp³-hybridized carbons (Fsp3) is 0.233. The van der Waals surface area contributed by atoms with E-state index in [4.69, 9.17) is 14.2 Å². The summed E-state index contributed by atoms with van der Waals surface area (Å²) in [4.78, 5) is 25.9. The number of carbonyl (C=O) groups is 1. The summed E-state index contributed by atoms with van der Waals surface area (Å²) in [6.07, 6.45) is 2.16. The molecule has 9 nitrogen and oxygen atoms in total. The van der Waals surface area contributed by atoms with Gasteiger partial charge in [0.1, 0.15) is 11.4 Å².